The molecule has 4 rings (SSSR count). The van der Waals surface area contributed by atoms with Crippen molar-refractivity contribution in [3.63, 3.8) is 0 Å². The molecule has 2 aliphatic heterocycles. The smallest absolute Gasteiger partial charge is 0.252 e. The first kappa shape index (κ1) is 30.5. The minimum Gasteiger partial charge on any atom is -0.492 e. The summed E-state index contributed by atoms with van der Waals surface area (Å²) in [6, 6.07) is -2.99. The Morgan fingerprint density at radius 1 is 1.15 bits per heavy atom. The Balaban J connectivity index is 1.58. The molecule has 0 aromatic heterocycles. The van der Waals surface area contributed by atoms with Gasteiger partial charge in [-0.15, -0.1) is 0 Å². The van der Waals surface area contributed by atoms with Crippen molar-refractivity contribution >= 4 is 5.91 Å². The van der Waals surface area contributed by atoms with Crippen LogP contribution in [-0.2, 0) is 19.0 Å². The summed E-state index contributed by atoms with van der Waals surface area (Å²) in [5, 5.41) is 52.7. The molecule has 14 heteroatoms. The Morgan fingerprint density at radius 2 is 1.85 bits per heavy atom. The fourth-order valence-electron chi connectivity index (χ4n) is 6.43. The average molecular weight is 559 g/mol. The van der Waals surface area contributed by atoms with Crippen LogP contribution in [0.4, 0.5) is 0 Å². The normalized spacial score (nSPS) is 48.5. The minimum absolute atomic E-state index is 0.114. The molecule has 0 aromatic rings. The lowest BCUT2D eigenvalue weighted by atomic mass is 9.71. The van der Waals surface area contributed by atoms with Crippen LogP contribution in [0.15, 0.2) is 11.8 Å². The summed E-state index contributed by atoms with van der Waals surface area (Å²) in [7, 11) is 3.39. The number of hydrogen-bond acceptors (Lipinski definition) is 13. The molecule has 1 saturated heterocycles. The van der Waals surface area contributed by atoms with Crippen LogP contribution in [0.5, 0.6) is 0 Å². The van der Waals surface area contributed by atoms with Gasteiger partial charge in [0.2, 0.25) is 0 Å². The van der Waals surface area contributed by atoms with E-state index in [1.54, 1.807) is 14.1 Å². The van der Waals surface area contributed by atoms with Gasteiger partial charge in [0.25, 0.3) is 5.91 Å². The summed E-state index contributed by atoms with van der Waals surface area (Å²) in [5.41, 5.74) is 15.8. The molecule has 0 spiro atoms. The molecule has 3 fully saturated rings. The van der Waals surface area contributed by atoms with E-state index in [2.05, 4.69) is 16.0 Å². The lowest BCUT2D eigenvalue weighted by molar-refractivity contribution is -0.297. The summed E-state index contributed by atoms with van der Waals surface area (Å²) in [5.74, 6) is -0.625. The van der Waals surface area contributed by atoms with Crippen molar-refractivity contribution in [2.75, 3.05) is 27.2 Å². The van der Waals surface area contributed by atoms with Crippen molar-refractivity contribution in [3.8, 4) is 0 Å². The number of carbonyl (C=O) groups is 1. The van der Waals surface area contributed by atoms with E-state index in [1.807, 2.05) is 6.08 Å². The first-order chi connectivity index (χ1) is 18.3. The summed E-state index contributed by atoms with van der Waals surface area (Å²) >= 11 is 0. The van der Waals surface area contributed by atoms with Gasteiger partial charge in [-0.05, 0) is 39.9 Å². The molecule has 2 heterocycles. The van der Waals surface area contributed by atoms with Crippen molar-refractivity contribution in [3.05, 3.63) is 11.8 Å². The van der Waals surface area contributed by atoms with Gasteiger partial charge in [0.05, 0.1) is 31.3 Å². The van der Waals surface area contributed by atoms with Crippen LogP contribution in [0, 0.1) is 5.92 Å². The third-order valence-corrected chi connectivity index (χ3v) is 8.58. The predicted molar refractivity (Wildman–Crippen MR) is 140 cm³/mol. The van der Waals surface area contributed by atoms with E-state index in [0.717, 1.165) is 0 Å². The molecule has 11 atom stereocenters. The second kappa shape index (κ2) is 11.8. The molecule has 14 nitrogen and oxygen atoms in total. The molecular formula is C25H46N6O8. The number of carbonyl (C=O) groups excluding carboxylic acids is 1. The van der Waals surface area contributed by atoms with Crippen LogP contribution >= 0.6 is 0 Å². The monoisotopic (exact) mass is 558 g/mol. The maximum Gasteiger partial charge on any atom is 0.252 e. The predicted octanol–water partition coefficient (Wildman–Crippen LogP) is -4.31. The summed E-state index contributed by atoms with van der Waals surface area (Å²) in [4.78, 5) is 13.0. The van der Waals surface area contributed by atoms with Gasteiger partial charge in [0.1, 0.15) is 35.3 Å². The highest BCUT2D eigenvalue weighted by molar-refractivity contribution is 5.86. The molecule has 224 valence electrons. The van der Waals surface area contributed by atoms with Crippen LogP contribution < -0.4 is 33.2 Å². The molecule has 2 saturated carbocycles. The van der Waals surface area contributed by atoms with Gasteiger partial charge in [0, 0.05) is 36.9 Å². The zero-order valence-corrected chi connectivity index (χ0v) is 22.8. The van der Waals surface area contributed by atoms with E-state index in [1.165, 1.54) is 6.92 Å². The summed E-state index contributed by atoms with van der Waals surface area (Å²) in [6.07, 6.45) is -2.74. The maximum absolute atomic E-state index is 13.0. The van der Waals surface area contributed by atoms with Gasteiger partial charge in [0.15, 0.2) is 6.29 Å². The van der Waals surface area contributed by atoms with Crippen LogP contribution in [0.1, 0.15) is 32.6 Å². The molecular weight excluding hydrogens is 512 g/mol. The van der Waals surface area contributed by atoms with E-state index in [0.29, 0.717) is 18.7 Å². The molecule has 0 aromatic carbocycles. The molecule has 13 N–H and O–H groups in total. The first-order valence-electron chi connectivity index (χ1n) is 13.6. The number of hydrogen-bond donors (Lipinski definition) is 10. The highest BCUT2D eigenvalue weighted by Gasteiger charge is 2.55. The molecule has 1 amide bonds. The third kappa shape index (κ3) is 6.11. The van der Waals surface area contributed by atoms with Gasteiger partial charge in [-0.25, -0.2) is 0 Å². The number of likely N-dealkylation sites (N-methyl/N-ethyl adjacent to an activating group) is 2. The Bertz CT molecular complexity index is 902. The first-order valence-corrected chi connectivity index (χ1v) is 13.6. The zero-order valence-electron chi connectivity index (χ0n) is 22.8. The molecule has 4 aliphatic rings. The molecule has 0 radical (unpaired) electrons. The maximum atomic E-state index is 13.0. The number of aliphatic hydroxyl groups is 4. The van der Waals surface area contributed by atoms with Gasteiger partial charge >= 0.3 is 0 Å². The largest absolute Gasteiger partial charge is 0.492 e. The Labute approximate surface area is 228 Å². The number of rotatable bonds is 8. The second-order valence-corrected chi connectivity index (χ2v) is 11.8. The minimum atomic E-state index is -1.62. The van der Waals surface area contributed by atoms with Crippen molar-refractivity contribution in [2.24, 2.45) is 23.1 Å². The topological polar surface area (TPSA) is 240 Å². The lowest BCUT2D eigenvalue weighted by Gasteiger charge is -2.51. The second-order valence-electron chi connectivity index (χ2n) is 11.8. The summed E-state index contributed by atoms with van der Waals surface area (Å²) in [6.45, 7) is 1.87. The SMILES string of the molecule is CNCC1=CC[C@@H](N)[C@@H](C2[C@@H](N)C[C@@H](NC(=O)C3(O)CC(N)C3)[C@H](O[C@H]3OC[C@](C)(O)[C@H](NC)[C@H]3O)[C@H]2O)O1. The Kier molecular flexibility index (Phi) is 9.25. The fourth-order valence-corrected chi connectivity index (χ4v) is 6.43. The van der Waals surface area contributed by atoms with E-state index in [4.69, 9.17) is 31.4 Å². The van der Waals surface area contributed by atoms with E-state index >= 15 is 0 Å². The van der Waals surface area contributed by atoms with Crippen molar-refractivity contribution < 1.29 is 39.4 Å². The van der Waals surface area contributed by atoms with Crippen molar-refractivity contribution in [2.45, 2.75) is 105 Å². The van der Waals surface area contributed by atoms with E-state index < -0.39 is 77.9 Å². The molecule has 39 heavy (non-hydrogen) atoms. The van der Waals surface area contributed by atoms with Crippen molar-refractivity contribution in [1.82, 2.24) is 16.0 Å². The average Bonchev–Trinajstić information content (AvgIpc) is 2.84. The van der Waals surface area contributed by atoms with Crippen LogP contribution in [0.2, 0.25) is 0 Å². The van der Waals surface area contributed by atoms with Crippen molar-refractivity contribution in [1.29, 1.82) is 0 Å². The van der Waals surface area contributed by atoms with Crippen LogP contribution in [0.25, 0.3) is 0 Å². The van der Waals surface area contributed by atoms with Crippen LogP contribution in [-0.4, -0.2) is 126 Å². The van der Waals surface area contributed by atoms with Gasteiger partial charge in [-0.3, -0.25) is 4.79 Å². The quantitative estimate of drug-likeness (QED) is 0.136. The highest BCUT2D eigenvalue weighted by Crippen LogP contribution is 2.37. The third-order valence-electron chi connectivity index (χ3n) is 8.58. The molecule has 2 aliphatic carbocycles. The summed E-state index contributed by atoms with van der Waals surface area (Å²) < 4.78 is 18.0. The van der Waals surface area contributed by atoms with E-state index in [-0.39, 0.29) is 31.9 Å². The fraction of sp³-hybridized carbons (Fsp3) is 0.880. The molecule has 0 bridgehead atoms. The molecule has 1 unspecified atom stereocenters. The highest BCUT2D eigenvalue weighted by atomic mass is 16.7. The number of aliphatic hydroxyl groups excluding tert-OH is 2. The lowest BCUT2D eigenvalue weighted by Crippen LogP contribution is -2.70. The van der Waals surface area contributed by atoms with Gasteiger partial charge < -0.3 is 67.8 Å². The zero-order chi connectivity index (χ0) is 28.7. The van der Waals surface area contributed by atoms with Gasteiger partial charge in [-0.1, -0.05) is 0 Å². The van der Waals surface area contributed by atoms with Crippen LogP contribution in [0.3, 0.4) is 0 Å². The number of ether oxygens (including phenoxy) is 3. The number of nitrogens with one attached hydrogen (secondary N) is 3. The Morgan fingerprint density at radius 3 is 2.46 bits per heavy atom. The van der Waals surface area contributed by atoms with Gasteiger partial charge in [-0.2, -0.15) is 0 Å². The van der Waals surface area contributed by atoms with E-state index in [9.17, 15) is 25.2 Å². The number of nitrogens with two attached hydrogens (primary N) is 3. The number of amides is 1. The Hall–Kier alpha value is -1.43. The standard InChI is InChI=1S/C25H46N6O8/c1-24(35)10-37-22(18(33)21(24)30-3)39-20-15(31-23(34)25(36)7-11(26)8-25)6-14(28)16(17(20)32)19-13(27)5-4-12(38-19)9-29-2/h4,11,13-22,29-30,32-33,35-36H,5-10,26-28H2,1-3H3,(H,31,34)/t11?,13-,14+,15-,16?,17+,18-,19+,20+,21-,22-,24+,25?/m1/s1.